The van der Waals surface area contributed by atoms with Crippen molar-refractivity contribution in [2.75, 3.05) is 0 Å². The molecule has 3 nitrogen and oxygen atoms in total. The Morgan fingerprint density at radius 1 is 0.442 bits per heavy atom. The third-order valence-electron chi connectivity index (χ3n) is 9.09. The van der Waals surface area contributed by atoms with Crippen LogP contribution in [0.4, 0.5) is 0 Å². The van der Waals surface area contributed by atoms with Gasteiger partial charge in [0.1, 0.15) is 6.33 Å². The van der Waals surface area contributed by atoms with Crippen LogP contribution in [0.2, 0.25) is 0 Å². The van der Waals surface area contributed by atoms with Crippen molar-refractivity contribution in [1.82, 2.24) is 14.0 Å². The fourth-order valence-electron chi connectivity index (χ4n) is 7.32. The molecule has 0 radical (unpaired) electrons. The second-order valence-electron chi connectivity index (χ2n) is 11.2. The Bertz CT molecular complexity index is 2280. The lowest BCUT2D eigenvalue weighted by atomic mass is 10.1. The van der Waals surface area contributed by atoms with Gasteiger partial charge in [-0.15, -0.1) is 0 Å². The summed E-state index contributed by atoms with van der Waals surface area (Å²) in [7, 11) is -2.63. The van der Waals surface area contributed by atoms with Crippen molar-refractivity contribution in [1.29, 1.82) is 0 Å². The van der Waals surface area contributed by atoms with Gasteiger partial charge in [0, 0.05) is 21.8 Å². The molecule has 4 heteroatoms. The van der Waals surface area contributed by atoms with Crippen LogP contribution in [0.3, 0.4) is 0 Å². The van der Waals surface area contributed by atoms with Gasteiger partial charge in [0.2, 0.25) is 0 Å². The normalized spacial score (nSPS) is 12.2. The topological polar surface area (TPSA) is 22.2 Å². The summed E-state index contributed by atoms with van der Waals surface area (Å²) in [4.78, 5) is 4.98. The van der Waals surface area contributed by atoms with Gasteiger partial charge in [-0.3, -0.25) is 8.97 Å². The summed E-state index contributed by atoms with van der Waals surface area (Å²) >= 11 is 0. The molecule has 6 aromatic carbocycles. The van der Waals surface area contributed by atoms with E-state index in [1.54, 1.807) is 0 Å². The predicted octanol–water partition coefficient (Wildman–Crippen LogP) is 6.40. The summed E-state index contributed by atoms with van der Waals surface area (Å²) in [5, 5.41) is 9.29. The molecule has 0 N–H and O–H groups in total. The molecule has 0 saturated carbocycles. The van der Waals surface area contributed by atoms with Crippen LogP contribution < -0.4 is 20.7 Å². The molecule has 0 bridgehead atoms. The molecule has 3 aromatic heterocycles. The molecule has 0 amide bonds. The van der Waals surface area contributed by atoms with E-state index in [2.05, 4.69) is 167 Å². The Morgan fingerprint density at radius 2 is 1.00 bits per heavy atom. The van der Waals surface area contributed by atoms with E-state index in [-0.39, 0.29) is 0 Å². The fraction of sp³-hybridized carbons (Fsp3) is 0. The van der Waals surface area contributed by atoms with Gasteiger partial charge >= 0.3 is 0 Å². The van der Waals surface area contributed by atoms with Gasteiger partial charge in [0.15, 0.2) is 13.7 Å². The Balaban J connectivity index is 1.38. The summed E-state index contributed by atoms with van der Waals surface area (Å²) in [6.07, 6.45) is 1.96. The van der Waals surface area contributed by atoms with Crippen LogP contribution in [-0.4, -0.2) is 22.0 Å². The zero-order valence-corrected chi connectivity index (χ0v) is 24.4. The van der Waals surface area contributed by atoms with Crippen molar-refractivity contribution >= 4 is 67.2 Å². The Kier molecular flexibility index (Phi) is 5.22. The minimum Gasteiger partial charge on any atom is -0.297 e. The van der Waals surface area contributed by atoms with Gasteiger partial charge in [-0.25, -0.2) is 4.98 Å². The van der Waals surface area contributed by atoms with Crippen molar-refractivity contribution < 1.29 is 0 Å². The van der Waals surface area contributed by atoms with Crippen LogP contribution in [0.25, 0.3) is 44.0 Å². The number of fused-ring (bicyclic) bond motifs is 6. The van der Waals surface area contributed by atoms with Gasteiger partial charge in [-0.1, -0.05) is 140 Å². The fourth-order valence-corrected chi connectivity index (χ4v) is 12.1. The van der Waals surface area contributed by atoms with E-state index < -0.39 is 8.07 Å². The number of hydrogen-bond acceptors (Lipinski definition) is 1. The van der Waals surface area contributed by atoms with Crippen molar-refractivity contribution in [3.05, 3.63) is 164 Å². The van der Waals surface area contributed by atoms with Crippen LogP contribution >= 0.6 is 0 Å². The molecule has 9 rings (SSSR count). The third kappa shape index (κ3) is 3.32. The van der Waals surface area contributed by atoms with E-state index in [0.717, 1.165) is 16.9 Å². The van der Waals surface area contributed by atoms with Crippen LogP contribution in [0.15, 0.2) is 164 Å². The number of hydrogen-bond donors (Lipinski definition) is 0. The molecule has 3 heterocycles. The lowest BCUT2D eigenvalue weighted by Gasteiger charge is -2.34. The quantitative estimate of drug-likeness (QED) is 0.175. The maximum absolute atomic E-state index is 4.98. The van der Waals surface area contributed by atoms with E-state index in [0.29, 0.717) is 0 Å². The maximum Gasteiger partial charge on any atom is 0.179 e. The summed E-state index contributed by atoms with van der Waals surface area (Å²) in [6.45, 7) is 0. The number of aromatic nitrogens is 3. The molecule has 0 aliphatic heterocycles. The molecule has 43 heavy (non-hydrogen) atoms. The molecule has 9 aromatic rings. The monoisotopic (exact) mass is 565 g/mol. The van der Waals surface area contributed by atoms with Crippen LogP contribution in [0.1, 0.15) is 0 Å². The van der Waals surface area contributed by atoms with Crippen LogP contribution in [-0.2, 0) is 0 Å². The number of para-hydroxylation sites is 2. The number of imidazole rings is 1. The van der Waals surface area contributed by atoms with Crippen molar-refractivity contribution in [3.8, 4) is 5.69 Å². The SMILES string of the molecule is c1ccc(-n2cnc3c2c2cccc4c5cc([Si](c6ccccc6)(c6ccccc6)c6ccccc6)ccc5n3c42)cc1. The van der Waals surface area contributed by atoms with Gasteiger partial charge in [-0.05, 0) is 38.9 Å². The Morgan fingerprint density at radius 3 is 1.60 bits per heavy atom. The number of benzene rings is 6. The lowest BCUT2D eigenvalue weighted by Crippen LogP contribution is -2.74. The van der Waals surface area contributed by atoms with E-state index >= 15 is 0 Å². The van der Waals surface area contributed by atoms with Crippen molar-refractivity contribution in [2.45, 2.75) is 0 Å². The highest BCUT2D eigenvalue weighted by Gasteiger charge is 2.41. The zero-order valence-electron chi connectivity index (χ0n) is 23.4. The van der Waals surface area contributed by atoms with Gasteiger partial charge < -0.3 is 0 Å². The second kappa shape index (κ2) is 9.28. The first kappa shape index (κ1) is 24.2. The number of nitrogens with zero attached hydrogens (tertiary/aromatic N) is 3. The largest absolute Gasteiger partial charge is 0.297 e. The molecular weight excluding hydrogens is 539 g/mol. The van der Waals surface area contributed by atoms with Crippen LogP contribution in [0.5, 0.6) is 0 Å². The summed E-state index contributed by atoms with van der Waals surface area (Å²) in [5.41, 5.74) is 5.70. The summed E-state index contributed by atoms with van der Waals surface area (Å²) in [5.74, 6) is 0. The minimum absolute atomic E-state index is 0.996. The molecule has 0 unspecified atom stereocenters. The third-order valence-corrected chi connectivity index (χ3v) is 13.9. The molecule has 0 atom stereocenters. The minimum atomic E-state index is -2.63. The van der Waals surface area contributed by atoms with Crippen molar-refractivity contribution in [2.24, 2.45) is 0 Å². The van der Waals surface area contributed by atoms with Gasteiger partial charge in [-0.2, -0.15) is 0 Å². The van der Waals surface area contributed by atoms with E-state index in [1.807, 2.05) is 6.33 Å². The van der Waals surface area contributed by atoms with E-state index in [9.17, 15) is 0 Å². The smallest absolute Gasteiger partial charge is 0.179 e. The molecule has 0 spiro atoms. The number of rotatable bonds is 5. The highest BCUT2D eigenvalue weighted by molar-refractivity contribution is 7.20. The Hall–Kier alpha value is -5.45. The first-order valence-corrected chi connectivity index (χ1v) is 16.7. The van der Waals surface area contributed by atoms with Crippen molar-refractivity contribution in [3.63, 3.8) is 0 Å². The molecular formula is C39H27N3Si. The van der Waals surface area contributed by atoms with Gasteiger partial charge in [0.05, 0.1) is 16.6 Å². The average Bonchev–Trinajstić information content (AvgIpc) is 3.76. The predicted molar refractivity (Wildman–Crippen MR) is 182 cm³/mol. The van der Waals surface area contributed by atoms with E-state index in [1.165, 1.54) is 47.9 Å². The molecule has 0 aliphatic carbocycles. The Labute approximate surface area is 250 Å². The maximum atomic E-state index is 4.98. The van der Waals surface area contributed by atoms with Crippen LogP contribution in [0, 0.1) is 0 Å². The zero-order chi connectivity index (χ0) is 28.4. The second-order valence-corrected chi connectivity index (χ2v) is 15.0. The van der Waals surface area contributed by atoms with E-state index in [4.69, 9.17) is 4.98 Å². The summed E-state index contributed by atoms with van der Waals surface area (Å²) in [6, 6.07) is 57.8. The average molecular weight is 566 g/mol. The summed E-state index contributed by atoms with van der Waals surface area (Å²) < 4.78 is 4.59. The van der Waals surface area contributed by atoms with Gasteiger partial charge in [0.25, 0.3) is 0 Å². The molecule has 0 saturated heterocycles. The first-order chi connectivity index (χ1) is 21.4. The molecule has 0 fully saturated rings. The molecule has 202 valence electrons. The lowest BCUT2D eigenvalue weighted by molar-refractivity contribution is 1.09. The highest BCUT2D eigenvalue weighted by Crippen LogP contribution is 2.39. The highest BCUT2D eigenvalue weighted by atomic mass is 28.3. The first-order valence-electron chi connectivity index (χ1n) is 14.7. The standard InChI is InChI=1S/C39H27N3Si/c1-5-14-28(15-6-1)41-27-40-39-38(41)34-23-13-22-33-35-26-32(24-25-36(35)42(39)37(33)34)43(29-16-7-2-8-17-29,30-18-9-3-10-19-30)31-20-11-4-12-21-31/h1-27H. The molecule has 0 aliphatic rings.